The first-order valence-corrected chi connectivity index (χ1v) is 8.01. The lowest BCUT2D eigenvalue weighted by Crippen LogP contribution is -2.48. The molecule has 0 saturated carbocycles. The van der Waals surface area contributed by atoms with Crippen LogP contribution in [0.3, 0.4) is 0 Å². The summed E-state index contributed by atoms with van der Waals surface area (Å²) in [7, 11) is 0. The van der Waals surface area contributed by atoms with Crippen LogP contribution in [0.2, 0.25) is 0 Å². The lowest BCUT2D eigenvalue weighted by Gasteiger charge is -2.21. The van der Waals surface area contributed by atoms with E-state index in [4.69, 9.17) is 0 Å². The molecule has 6 heteroatoms. The second kappa shape index (κ2) is 7.00. The van der Waals surface area contributed by atoms with Crippen LogP contribution < -0.4 is 27.0 Å². The highest BCUT2D eigenvalue weighted by atomic mass is 16.2. The maximum atomic E-state index is 12.7. The van der Waals surface area contributed by atoms with Crippen molar-refractivity contribution in [2.45, 2.75) is 33.0 Å². The Labute approximate surface area is 142 Å². The van der Waals surface area contributed by atoms with Crippen LogP contribution in [0.15, 0.2) is 42.5 Å². The first kappa shape index (κ1) is 16.4. The fourth-order valence-electron chi connectivity index (χ4n) is 2.74. The molecule has 2 aromatic rings. The molecule has 3 rings (SSSR count). The minimum atomic E-state index is -0.453. The van der Waals surface area contributed by atoms with Gasteiger partial charge in [-0.3, -0.25) is 4.79 Å². The highest BCUT2D eigenvalue weighted by Gasteiger charge is 2.33. The molecule has 1 aliphatic rings. The number of hydrogen-bond donors (Lipinski definition) is 5. The average Bonchev–Trinajstić information content (AvgIpc) is 3.01. The largest absolute Gasteiger partial charge is 0.367 e. The summed E-state index contributed by atoms with van der Waals surface area (Å²) in [5.74, 6) is -0.102. The zero-order valence-corrected chi connectivity index (χ0v) is 14.1. The van der Waals surface area contributed by atoms with Crippen LogP contribution in [-0.4, -0.2) is 18.1 Å². The zero-order chi connectivity index (χ0) is 17.1. The monoisotopic (exact) mass is 325 g/mol. The van der Waals surface area contributed by atoms with E-state index in [0.29, 0.717) is 0 Å². The molecule has 2 aromatic carbocycles. The van der Waals surface area contributed by atoms with Crippen molar-refractivity contribution >= 4 is 17.3 Å². The Bertz CT molecular complexity index is 708. The highest BCUT2D eigenvalue weighted by Crippen LogP contribution is 2.20. The van der Waals surface area contributed by atoms with Gasteiger partial charge in [-0.05, 0) is 44.0 Å². The van der Waals surface area contributed by atoms with Gasteiger partial charge in [-0.25, -0.2) is 10.9 Å². The van der Waals surface area contributed by atoms with E-state index in [-0.39, 0.29) is 12.1 Å². The van der Waals surface area contributed by atoms with Gasteiger partial charge in [0.2, 0.25) is 5.91 Å². The van der Waals surface area contributed by atoms with E-state index in [9.17, 15) is 4.79 Å². The third kappa shape index (κ3) is 3.56. The summed E-state index contributed by atoms with van der Waals surface area (Å²) in [5.41, 5.74) is 13.9. The number of hydrazine groups is 2. The first-order chi connectivity index (χ1) is 11.5. The van der Waals surface area contributed by atoms with Crippen molar-refractivity contribution in [3.8, 4) is 0 Å². The first-order valence-electron chi connectivity index (χ1n) is 8.01. The molecule has 1 amide bonds. The maximum absolute atomic E-state index is 12.7. The third-order valence-electron chi connectivity index (χ3n) is 4.17. The predicted octanol–water partition coefficient (Wildman–Crippen LogP) is 1.97. The van der Waals surface area contributed by atoms with E-state index in [2.05, 4.69) is 27.0 Å². The topological polar surface area (TPSA) is 77.2 Å². The van der Waals surface area contributed by atoms with Gasteiger partial charge in [0.1, 0.15) is 12.2 Å². The van der Waals surface area contributed by atoms with Gasteiger partial charge >= 0.3 is 0 Å². The molecule has 0 spiro atoms. The van der Waals surface area contributed by atoms with Gasteiger partial charge in [0.25, 0.3) is 0 Å². The van der Waals surface area contributed by atoms with Crippen molar-refractivity contribution in [3.05, 3.63) is 59.2 Å². The number of rotatable bonds is 4. The number of nitrogens with one attached hydrogen (secondary N) is 5. The van der Waals surface area contributed by atoms with Gasteiger partial charge in [0.05, 0.1) is 0 Å². The molecule has 2 unspecified atom stereocenters. The van der Waals surface area contributed by atoms with Crippen molar-refractivity contribution in [2.75, 3.05) is 10.6 Å². The van der Waals surface area contributed by atoms with Crippen LogP contribution in [0, 0.1) is 20.8 Å². The number of benzene rings is 2. The van der Waals surface area contributed by atoms with Crippen LogP contribution >= 0.6 is 0 Å². The number of carbonyl (C=O) groups excluding carboxylic acids is 1. The molecule has 0 aliphatic carbocycles. The van der Waals surface area contributed by atoms with E-state index in [1.54, 1.807) is 0 Å². The number of aryl methyl sites for hydroxylation is 3. The molecule has 1 saturated heterocycles. The molecular formula is C18H23N5O. The van der Waals surface area contributed by atoms with Gasteiger partial charge < -0.3 is 10.6 Å². The van der Waals surface area contributed by atoms with E-state index in [1.165, 1.54) is 5.56 Å². The summed E-state index contributed by atoms with van der Waals surface area (Å²) < 4.78 is 0. The normalized spacial score (nSPS) is 20.0. The van der Waals surface area contributed by atoms with Crippen LogP contribution in [0.5, 0.6) is 0 Å². The van der Waals surface area contributed by atoms with Gasteiger partial charge in [0.15, 0.2) is 0 Å². The SMILES string of the molecule is Cc1ccc(NC2NNNC2C(=O)Nc2c(C)cccc2C)cc1. The third-order valence-corrected chi connectivity index (χ3v) is 4.17. The van der Waals surface area contributed by atoms with Gasteiger partial charge in [-0.2, -0.15) is 5.53 Å². The molecule has 2 atom stereocenters. The van der Waals surface area contributed by atoms with Crippen molar-refractivity contribution < 1.29 is 4.79 Å². The minimum absolute atomic E-state index is 0.102. The average molecular weight is 325 g/mol. The molecule has 6 nitrogen and oxygen atoms in total. The van der Waals surface area contributed by atoms with Crippen molar-refractivity contribution in [3.63, 3.8) is 0 Å². The Balaban J connectivity index is 1.70. The molecule has 0 radical (unpaired) electrons. The van der Waals surface area contributed by atoms with Crippen LogP contribution in [0.4, 0.5) is 11.4 Å². The fourth-order valence-corrected chi connectivity index (χ4v) is 2.74. The number of hydrogen-bond acceptors (Lipinski definition) is 5. The molecule has 1 fully saturated rings. The van der Waals surface area contributed by atoms with Crippen molar-refractivity contribution in [1.82, 2.24) is 16.4 Å². The second-order valence-electron chi connectivity index (χ2n) is 6.14. The van der Waals surface area contributed by atoms with Crippen LogP contribution in [-0.2, 0) is 4.79 Å². The Morgan fingerprint density at radius 2 is 1.62 bits per heavy atom. The number of carbonyl (C=O) groups is 1. The van der Waals surface area contributed by atoms with E-state index in [1.807, 2.05) is 63.2 Å². The van der Waals surface area contributed by atoms with Crippen LogP contribution in [0.25, 0.3) is 0 Å². The Morgan fingerprint density at radius 3 is 2.29 bits per heavy atom. The molecule has 1 heterocycles. The molecule has 126 valence electrons. The molecular weight excluding hydrogens is 302 g/mol. The number of amides is 1. The Kier molecular flexibility index (Phi) is 4.80. The lowest BCUT2D eigenvalue weighted by molar-refractivity contribution is -0.118. The quantitative estimate of drug-likeness (QED) is 0.594. The summed E-state index contributed by atoms with van der Waals surface area (Å²) >= 11 is 0. The number of para-hydroxylation sites is 1. The zero-order valence-electron chi connectivity index (χ0n) is 14.1. The minimum Gasteiger partial charge on any atom is -0.367 e. The standard InChI is InChI=1S/C18H23N5O/c1-11-7-9-14(10-8-11)19-17-16(21-23-22-17)18(24)20-15-12(2)5-4-6-13(15)3/h4-10,16-17,19,21-23H,1-3H3,(H,20,24). The summed E-state index contributed by atoms with van der Waals surface area (Å²) in [6, 6.07) is 13.6. The van der Waals surface area contributed by atoms with E-state index < -0.39 is 6.04 Å². The summed E-state index contributed by atoms with van der Waals surface area (Å²) in [5, 5.41) is 6.34. The Morgan fingerprint density at radius 1 is 0.958 bits per heavy atom. The molecule has 0 bridgehead atoms. The smallest absolute Gasteiger partial charge is 0.246 e. The number of anilines is 2. The van der Waals surface area contributed by atoms with Crippen LogP contribution in [0.1, 0.15) is 16.7 Å². The fraction of sp³-hybridized carbons (Fsp3) is 0.278. The highest BCUT2D eigenvalue weighted by molar-refractivity contribution is 5.97. The van der Waals surface area contributed by atoms with Crippen molar-refractivity contribution in [1.29, 1.82) is 0 Å². The van der Waals surface area contributed by atoms with E-state index >= 15 is 0 Å². The molecule has 0 aromatic heterocycles. The summed E-state index contributed by atoms with van der Waals surface area (Å²) in [6.07, 6.45) is -0.267. The summed E-state index contributed by atoms with van der Waals surface area (Å²) in [4.78, 5) is 12.7. The van der Waals surface area contributed by atoms with Crippen molar-refractivity contribution in [2.24, 2.45) is 0 Å². The van der Waals surface area contributed by atoms with Gasteiger partial charge in [-0.15, -0.1) is 0 Å². The Hall–Kier alpha value is -2.41. The summed E-state index contributed by atoms with van der Waals surface area (Å²) in [6.45, 7) is 6.02. The molecule has 24 heavy (non-hydrogen) atoms. The molecule has 5 N–H and O–H groups in total. The predicted molar refractivity (Wildman–Crippen MR) is 96.3 cm³/mol. The second-order valence-corrected chi connectivity index (χ2v) is 6.14. The lowest BCUT2D eigenvalue weighted by atomic mass is 10.1. The maximum Gasteiger partial charge on any atom is 0.246 e. The molecule has 1 aliphatic heterocycles. The van der Waals surface area contributed by atoms with Gasteiger partial charge in [-0.1, -0.05) is 35.9 Å². The van der Waals surface area contributed by atoms with E-state index in [0.717, 1.165) is 22.5 Å². The van der Waals surface area contributed by atoms with Gasteiger partial charge in [0, 0.05) is 11.4 Å².